The SMILES string of the molecule is COc1ccccc1OCCS(=O)c1ccc(N)c(F)c1. The molecular formula is C15H16FNO3S. The van der Waals surface area contributed by atoms with Gasteiger partial charge in [-0.05, 0) is 30.3 Å². The highest BCUT2D eigenvalue weighted by molar-refractivity contribution is 7.85. The third kappa shape index (κ3) is 3.95. The second-order valence-corrected chi connectivity index (χ2v) is 5.80. The third-order valence-corrected chi connectivity index (χ3v) is 4.15. The summed E-state index contributed by atoms with van der Waals surface area (Å²) in [5.41, 5.74) is 5.43. The summed E-state index contributed by atoms with van der Waals surface area (Å²) in [6.45, 7) is 0.235. The van der Waals surface area contributed by atoms with E-state index in [-0.39, 0.29) is 18.0 Å². The molecule has 0 aromatic heterocycles. The fraction of sp³-hybridized carbons (Fsp3) is 0.200. The minimum atomic E-state index is -1.35. The number of rotatable bonds is 6. The summed E-state index contributed by atoms with van der Waals surface area (Å²) < 4.78 is 36.1. The van der Waals surface area contributed by atoms with Crippen LogP contribution >= 0.6 is 0 Å². The van der Waals surface area contributed by atoms with E-state index >= 15 is 0 Å². The van der Waals surface area contributed by atoms with Crippen LogP contribution in [0.2, 0.25) is 0 Å². The number of hydrogen-bond acceptors (Lipinski definition) is 4. The minimum absolute atomic E-state index is 0.0426. The van der Waals surface area contributed by atoms with Gasteiger partial charge < -0.3 is 15.2 Å². The van der Waals surface area contributed by atoms with Crippen LogP contribution in [0.5, 0.6) is 11.5 Å². The lowest BCUT2D eigenvalue weighted by Gasteiger charge is -2.10. The molecule has 2 aromatic carbocycles. The summed E-state index contributed by atoms with van der Waals surface area (Å²) in [6.07, 6.45) is 0. The van der Waals surface area contributed by atoms with Gasteiger partial charge in [-0.15, -0.1) is 0 Å². The van der Waals surface area contributed by atoms with E-state index in [2.05, 4.69) is 0 Å². The van der Waals surface area contributed by atoms with Crippen LogP contribution in [0, 0.1) is 5.82 Å². The van der Waals surface area contributed by atoms with Gasteiger partial charge in [0.1, 0.15) is 12.4 Å². The number of hydrogen-bond donors (Lipinski definition) is 1. The van der Waals surface area contributed by atoms with Crippen LogP contribution in [0.1, 0.15) is 0 Å². The Labute approximate surface area is 125 Å². The van der Waals surface area contributed by atoms with Gasteiger partial charge in [-0.25, -0.2) is 4.39 Å². The lowest BCUT2D eigenvalue weighted by atomic mass is 10.3. The van der Waals surface area contributed by atoms with E-state index in [0.717, 1.165) is 0 Å². The van der Waals surface area contributed by atoms with Crippen LogP contribution in [0.4, 0.5) is 10.1 Å². The first-order chi connectivity index (χ1) is 10.1. The second-order valence-electron chi connectivity index (χ2n) is 4.23. The summed E-state index contributed by atoms with van der Waals surface area (Å²) in [7, 11) is 0.208. The van der Waals surface area contributed by atoms with Crippen molar-refractivity contribution in [3.8, 4) is 11.5 Å². The highest BCUT2D eigenvalue weighted by atomic mass is 32.2. The Morgan fingerprint density at radius 1 is 1.19 bits per heavy atom. The van der Waals surface area contributed by atoms with E-state index in [1.807, 2.05) is 12.1 Å². The molecule has 1 unspecified atom stereocenters. The van der Waals surface area contributed by atoms with Crippen LogP contribution in [0.25, 0.3) is 0 Å². The quantitative estimate of drug-likeness (QED) is 0.833. The van der Waals surface area contributed by atoms with Crippen molar-refractivity contribution in [1.29, 1.82) is 0 Å². The van der Waals surface area contributed by atoms with Crippen molar-refractivity contribution >= 4 is 16.5 Å². The molecule has 2 aromatic rings. The van der Waals surface area contributed by atoms with Gasteiger partial charge >= 0.3 is 0 Å². The first-order valence-corrected chi connectivity index (χ1v) is 7.63. The highest BCUT2D eigenvalue weighted by Crippen LogP contribution is 2.25. The first kappa shape index (κ1) is 15.3. The molecule has 0 saturated carbocycles. The molecule has 0 aliphatic rings. The monoisotopic (exact) mass is 309 g/mol. The molecule has 0 bridgehead atoms. The van der Waals surface area contributed by atoms with Crippen LogP contribution in [-0.4, -0.2) is 23.7 Å². The maximum atomic E-state index is 13.3. The molecule has 2 rings (SSSR count). The van der Waals surface area contributed by atoms with E-state index in [9.17, 15) is 8.60 Å². The van der Waals surface area contributed by atoms with Crippen molar-refractivity contribution in [3.05, 3.63) is 48.3 Å². The smallest absolute Gasteiger partial charge is 0.161 e. The molecule has 0 aliphatic heterocycles. The van der Waals surface area contributed by atoms with Gasteiger partial charge in [-0.1, -0.05) is 12.1 Å². The molecule has 0 radical (unpaired) electrons. The number of anilines is 1. The molecular weight excluding hydrogens is 293 g/mol. The van der Waals surface area contributed by atoms with E-state index in [4.69, 9.17) is 15.2 Å². The molecule has 2 N–H and O–H groups in total. The lowest BCUT2D eigenvalue weighted by Crippen LogP contribution is -2.09. The van der Waals surface area contributed by atoms with Crippen LogP contribution < -0.4 is 15.2 Å². The van der Waals surface area contributed by atoms with E-state index < -0.39 is 16.6 Å². The van der Waals surface area contributed by atoms with E-state index in [1.165, 1.54) is 12.1 Å². The van der Waals surface area contributed by atoms with Gasteiger partial charge in [0.15, 0.2) is 11.5 Å². The molecule has 0 spiro atoms. The zero-order valence-electron chi connectivity index (χ0n) is 11.5. The number of benzene rings is 2. The van der Waals surface area contributed by atoms with Gasteiger partial charge in [0, 0.05) is 4.90 Å². The normalized spacial score (nSPS) is 11.9. The summed E-state index contributed by atoms with van der Waals surface area (Å²) in [5, 5.41) is 0. The summed E-state index contributed by atoms with van der Waals surface area (Å²) in [5.74, 6) is 0.885. The van der Waals surface area contributed by atoms with Crippen LogP contribution in [-0.2, 0) is 10.8 Å². The van der Waals surface area contributed by atoms with Gasteiger partial charge in [-0.3, -0.25) is 4.21 Å². The van der Waals surface area contributed by atoms with Gasteiger partial charge in [0.2, 0.25) is 0 Å². The average molecular weight is 309 g/mol. The Morgan fingerprint density at radius 2 is 1.90 bits per heavy atom. The number of nitrogens with two attached hydrogens (primary N) is 1. The number of halogens is 1. The maximum Gasteiger partial charge on any atom is 0.161 e. The number of ether oxygens (including phenoxy) is 2. The largest absolute Gasteiger partial charge is 0.493 e. The lowest BCUT2D eigenvalue weighted by molar-refractivity contribution is 0.312. The van der Waals surface area contributed by atoms with Crippen molar-refractivity contribution in [2.75, 3.05) is 25.2 Å². The zero-order chi connectivity index (χ0) is 15.2. The Bertz CT molecular complexity index is 649. The number of methoxy groups -OCH3 is 1. The topological polar surface area (TPSA) is 61.5 Å². The molecule has 0 fully saturated rings. The highest BCUT2D eigenvalue weighted by Gasteiger charge is 2.08. The fourth-order valence-electron chi connectivity index (χ4n) is 1.73. The standard InChI is InChI=1S/C15H16FNO3S/c1-19-14-4-2-3-5-15(14)20-8-9-21(18)11-6-7-13(17)12(16)10-11/h2-7,10H,8-9,17H2,1H3. The van der Waals surface area contributed by atoms with Crippen molar-refractivity contribution in [2.45, 2.75) is 4.90 Å². The third-order valence-electron chi connectivity index (χ3n) is 2.83. The Morgan fingerprint density at radius 3 is 2.57 bits per heavy atom. The Balaban J connectivity index is 1.93. The molecule has 6 heteroatoms. The molecule has 4 nitrogen and oxygen atoms in total. The van der Waals surface area contributed by atoms with E-state index in [0.29, 0.717) is 16.4 Å². The first-order valence-electron chi connectivity index (χ1n) is 6.31. The predicted octanol–water partition coefficient (Wildman–Crippen LogP) is 2.60. The fourth-order valence-corrected chi connectivity index (χ4v) is 2.66. The predicted molar refractivity (Wildman–Crippen MR) is 80.6 cm³/mol. The Kier molecular flexibility index (Phi) is 5.16. The molecule has 0 amide bonds. The van der Waals surface area contributed by atoms with Crippen molar-refractivity contribution in [2.24, 2.45) is 0 Å². The number of para-hydroxylation sites is 2. The second kappa shape index (κ2) is 7.08. The summed E-state index contributed by atoms with van der Waals surface area (Å²) in [6, 6.07) is 11.4. The molecule has 112 valence electrons. The molecule has 1 atom stereocenters. The average Bonchev–Trinajstić information content (AvgIpc) is 2.50. The molecule has 0 aliphatic carbocycles. The van der Waals surface area contributed by atoms with E-state index in [1.54, 1.807) is 25.3 Å². The summed E-state index contributed by atoms with van der Waals surface area (Å²) >= 11 is 0. The summed E-state index contributed by atoms with van der Waals surface area (Å²) in [4.78, 5) is 0.394. The van der Waals surface area contributed by atoms with Crippen molar-refractivity contribution in [3.63, 3.8) is 0 Å². The molecule has 0 heterocycles. The maximum absolute atomic E-state index is 13.3. The minimum Gasteiger partial charge on any atom is -0.493 e. The zero-order valence-corrected chi connectivity index (χ0v) is 12.4. The molecule has 21 heavy (non-hydrogen) atoms. The van der Waals surface area contributed by atoms with Crippen molar-refractivity contribution < 1.29 is 18.1 Å². The molecule has 0 saturated heterocycles. The number of nitrogen functional groups attached to an aromatic ring is 1. The van der Waals surface area contributed by atoms with Crippen molar-refractivity contribution in [1.82, 2.24) is 0 Å². The van der Waals surface area contributed by atoms with Gasteiger partial charge in [-0.2, -0.15) is 0 Å². The van der Waals surface area contributed by atoms with Crippen LogP contribution in [0.15, 0.2) is 47.4 Å². The Hall–Kier alpha value is -2.08. The van der Waals surface area contributed by atoms with Gasteiger partial charge in [0.25, 0.3) is 0 Å². The van der Waals surface area contributed by atoms with Gasteiger partial charge in [0.05, 0.1) is 29.3 Å². The van der Waals surface area contributed by atoms with Crippen LogP contribution in [0.3, 0.4) is 0 Å².